The zero-order valence-electron chi connectivity index (χ0n) is 17.7. The molecular formula is C25H33NO2. The van der Waals surface area contributed by atoms with Crippen molar-refractivity contribution in [1.82, 2.24) is 4.90 Å². The van der Waals surface area contributed by atoms with Gasteiger partial charge >= 0.3 is 0 Å². The normalized spacial score (nSPS) is 21.9. The lowest BCUT2D eigenvalue weighted by molar-refractivity contribution is 0.0827. The van der Waals surface area contributed by atoms with E-state index in [0.717, 1.165) is 23.3 Å². The molecule has 3 atom stereocenters. The number of nitrogens with zero attached hydrogens (tertiary/aromatic N) is 1. The number of hydrogen-bond acceptors (Lipinski definition) is 2. The molecule has 0 heterocycles. The molecule has 3 rings (SSSR count). The molecule has 0 spiro atoms. The molecule has 0 aliphatic heterocycles. The molecule has 150 valence electrons. The molecule has 2 aromatic carbocycles. The molecule has 0 saturated heterocycles. The fourth-order valence-corrected chi connectivity index (χ4v) is 4.39. The van der Waals surface area contributed by atoms with Crippen molar-refractivity contribution in [2.45, 2.75) is 51.9 Å². The first-order chi connectivity index (χ1) is 13.5. The van der Waals surface area contributed by atoms with E-state index in [1.54, 1.807) is 19.0 Å². The number of ether oxygens (including phenoxy) is 1. The first-order valence-corrected chi connectivity index (χ1v) is 10.6. The van der Waals surface area contributed by atoms with Gasteiger partial charge in [0.2, 0.25) is 0 Å². The summed E-state index contributed by atoms with van der Waals surface area (Å²) in [6, 6.07) is 15.9. The predicted molar refractivity (Wildman–Crippen MR) is 115 cm³/mol. The van der Waals surface area contributed by atoms with E-state index in [1.165, 1.54) is 37.7 Å². The first-order valence-electron chi connectivity index (χ1n) is 10.6. The average molecular weight is 380 g/mol. The molecule has 1 aliphatic rings. The van der Waals surface area contributed by atoms with E-state index in [4.69, 9.17) is 4.74 Å². The summed E-state index contributed by atoms with van der Waals surface area (Å²) in [5.74, 6) is 3.88. The largest absolute Gasteiger partial charge is 0.457 e. The summed E-state index contributed by atoms with van der Waals surface area (Å²) >= 11 is 0. The van der Waals surface area contributed by atoms with E-state index in [9.17, 15) is 4.79 Å². The van der Waals surface area contributed by atoms with Gasteiger partial charge in [-0.2, -0.15) is 0 Å². The van der Waals surface area contributed by atoms with Gasteiger partial charge in [-0.25, -0.2) is 0 Å². The Hall–Kier alpha value is -2.29. The Bertz CT molecular complexity index is 764. The topological polar surface area (TPSA) is 29.5 Å². The first kappa shape index (κ1) is 20.4. The minimum Gasteiger partial charge on any atom is -0.457 e. The lowest BCUT2D eigenvalue weighted by Crippen LogP contribution is -2.21. The fourth-order valence-electron chi connectivity index (χ4n) is 4.39. The summed E-state index contributed by atoms with van der Waals surface area (Å²) in [5, 5.41) is 0. The predicted octanol–water partition coefficient (Wildman–Crippen LogP) is 6.50. The van der Waals surface area contributed by atoms with E-state index in [0.29, 0.717) is 11.5 Å². The van der Waals surface area contributed by atoms with Crippen molar-refractivity contribution in [2.75, 3.05) is 14.1 Å². The Labute approximate surface area is 169 Å². The molecule has 1 saturated carbocycles. The highest BCUT2D eigenvalue weighted by Crippen LogP contribution is 2.42. The van der Waals surface area contributed by atoms with Crippen LogP contribution in [0.2, 0.25) is 0 Å². The van der Waals surface area contributed by atoms with Crippen molar-refractivity contribution < 1.29 is 9.53 Å². The van der Waals surface area contributed by atoms with Crippen LogP contribution >= 0.6 is 0 Å². The number of benzene rings is 2. The van der Waals surface area contributed by atoms with Crippen LogP contribution in [0.4, 0.5) is 0 Å². The maximum absolute atomic E-state index is 12.0. The molecular weight excluding hydrogens is 346 g/mol. The van der Waals surface area contributed by atoms with Crippen LogP contribution in [-0.4, -0.2) is 24.9 Å². The van der Waals surface area contributed by atoms with Crippen LogP contribution in [-0.2, 0) is 0 Å². The van der Waals surface area contributed by atoms with Gasteiger partial charge in [-0.05, 0) is 72.6 Å². The van der Waals surface area contributed by atoms with Gasteiger partial charge in [-0.15, -0.1) is 0 Å². The summed E-state index contributed by atoms with van der Waals surface area (Å²) in [7, 11) is 3.51. The summed E-state index contributed by atoms with van der Waals surface area (Å²) < 4.78 is 5.98. The van der Waals surface area contributed by atoms with Gasteiger partial charge < -0.3 is 9.64 Å². The summed E-state index contributed by atoms with van der Waals surface area (Å²) in [6.45, 7) is 4.69. The van der Waals surface area contributed by atoms with E-state index >= 15 is 0 Å². The Morgan fingerprint density at radius 3 is 2.18 bits per heavy atom. The summed E-state index contributed by atoms with van der Waals surface area (Å²) in [5.41, 5.74) is 2.10. The molecule has 0 bridgehead atoms. The molecule has 3 nitrogen and oxygen atoms in total. The van der Waals surface area contributed by atoms with Crippen LogP contribution in [0, 0.1) is 11.8 Å². The van der Waals surface area contributed by atoms with Crippen LogP contribution < -0.4 is 4.74 Å². The van der Waals surface area contributed by atoms with Crippen LogP contribution in [0.5, 0.6) is 11.5 Å². The van der Waals surface area contributed by atoms with Gasteiger partial charge in [0.15, 0.2) is 0 Å². The van der Waals surface area contributed by atoms with Crippen molar-refractivity contribution in [2.24, 2.45) is 11.8 Å². The van der Waals surface area contributed by atoms with E-state index < -0.39 is 0 Å². The quantitative estimate of drug-likeness (QED) is 0.573. The second kappa shape index (κ2) is 9.27. The van der Waals surface area contributed by atoms with Crippen LogP contribution in [0.3, 0.4) is 0 Å². The molecule has 2 aromatic rings. The van der Waals surface area contributed by atoms with Gasteiger partial charge in [0.05, 0.1) is 0 Å². The smallest absolute Gasteiger partial charge is 0.253 e. The van der Waals surface area contributed by atoms with Gasteiger partial charge in [-0.1, -0.05) is 45.2 Å². The number of carbonyl (C=O) groups excluding carboxylic acids is 1. The molecule has 1 aliphatic carbocycles. The lowest BCUT2D eigenvalue weighted by atomic mass is 9.71. The highest BCUT2D eigenvalue weighted by molar-refractivity contribution is 5.93. The Kier molecular flexibility index (Phi) is 6.77. The Morgan fingerprint density at radius 1 is 1.00 bits per heavy atom. The van der Waals surface area contributed by atoms with Gasteiger partial charge in [0.25, 0.3) is 5.91 Å². The van der Waals surface area contributed by atoms with Crippen LogP contribution in [0.1, 0.15) is 67.8 Å². The van der Waals surface area contributed by atoms with Crippen molar-refractivity contribution in [3.63, 3.8) is 0 Å². The fraction of sp³-hybridized carbons (Fsp3) is 0.480. The maximum atomic E-state index is 12.0. The van der Waals surface area contributed by atoms with Crippen molar-refractivity contribution in [3.8, 4) is 11.5 Å². The summed E-state index contributed by atoms with van der Waals surface area (Å²) in [6.07, 6.45) is 6.69. The molecule has 3 unspecified atom stereocenters. The molecule has 1 fully saturated rings. The summed E-state index contributed by atoms with van der Waals surface area (Å²) in [4.78, 5) is 13.6. The number of carbonyl (C=O) groups is 1. The SMILES string of the molecule is CCCC1CCC(C)C(c2ccc(Oc3ccc(C(=O)N(C)C)cc3)cc2)C1. The van der Waals surface area contributed by atoms with Crippen molar-refractivity contribution in [1.29, 1.82) is 0 Å². The third-order valence-electron chi connectivity index (χ3n) is 6.05. The van der Waals surface area contributed by atoms with E-state index in [-0.39, 0.29) is 5.91 Å². The zero-order chi connectivity index (χ0) is 20.1. The highest BCUT2D eigenvalue weighted by Gasteiger charge is 2.28. The number of hydrogen-bond donors (Lipinski definition) is 0. The zero-order valence-corrected chi connectivity index (χ0v) is 17.7. The molecule has 3 heteroatoms. The molecule has 0 radical (unpaired) electrons. The molecule has 0 aromatic heterocycles. The Balaban J connectivity index is 1.65. The monoisotopic (exact) mass is 379 g/mol. The number of rotatable bonds is 6. The standard InChI is InChI=1S/C25H33NO2/c1-5-6-19-8-7-18(2)24(17-19)20-9-13-22(14-10-20)28-23-15-11-21(12-16-23)25(27)26(3)4/h9-16,18-19,24H,5-8,17H2,1-4H3. The van der Waals surface area contributed by atoms with Gasteiger partial charge in [-0.3, -0.25) is 4.79 Å². The second-order valence-corrected chi connectivity index (χ2v) is 8.45. The van der Waals surface area contributed by atoms with Gasteiger partial charge in [0.1, 0.15) is 11.5 Å². The van der Waals surface area contributed by atoms with Crippen molar-refractivity contribution >= 4 is 5.91 Å². The van der Waals surface area contributed by atoms with Crippen molar-refractivity contribution in [3.05, 3.63) is 59.7 Å². The third-order valence-corrected chi connectivity index (χ3v) is 6.05. The number of amides is 1. The maximum Gasteiger partial charge on any atom is 0.253 e. The lowest BCUT2D eigenvalue weighted by Gasteiger charge is -2.34. The molecule has 28 heavy (non-hydrogen) atoms. The van der Waals surface area contributed by atoms with E-state index in [1.807, 2.05) is 24.3 Å². The minimum absolute atomic E-state index is 0.00104. The average Bonchev–Trinajstić information content (AvgIpc) is 2.70. The van der Waals surface area contributed by atoms with Crippen LogP contribution in [0.15, 0.2) is 48.5 Å². The highest BCUT2D eigenvalue weighted by atomic mass is 16.5. The minimum atomic E-state index is -0.00104. The second-order valence-electron chi connectivity index (χ2n) is 8.45. The molecule has 0 N–H and O–H groups in total. The van der Waals surface area contributed by atoms with Gasteiger partial charge in [0, 0.05) is 19.7 Å². The third kappa shape index (κ3) is 4.95. The van der Waals surface area contributed by atoms with Crippen LogP contribution in [0.25, 0.3) is 0 Å². The molecule has 1 amide bonds. The van der Waals surface area contributed by atoms with E-state index in [2.05, 4.69) is 38.1 Å². The Morgan fingerprint density at radius 2 is 1.61 bits per heavy atom.